The van der Waals surface area contributed by atoms with Gasteiger partial charge in [-0.2, -0.15) is 17.9 Å². The van der Waals surface area contributed by atoms with Gasteiger partial charge in [-0.1, -0.05) is 31.9 Å². The number of benzene rings is 2. The first-order valence-electron chi connectivity index (χ1n) is 8.27. The molecule has 2 aromatic carbocycles. The summed E-state index contributed by atoms with van der Waals surface area (Å²) in [5, 5.41) is 9.22. The molecule has 0 amide bonds. The summed E-state index contributed by atoms with van der Waals surface area (Å²) in [6.45, 7) is 0. The molecule has 6 nitrogen and oxygen atoms in total. The normalized spacial score (nSPS) is 9.45. The lowest BCUT2D eigenvalue weighted by atomic mass is 10.2. The summed E-state index contributed by atoms with van der Waals surface area (Å²) in [6.07, 6.45) is 0. The number of carbonyl (C=O) groups is 2. The zero-order valence-electron chi connectivity index (χ0n) is 16.3. The van der Waals surface area contributed by atoms with Crippen molar-refractivity contribution in [3.05, 3.63) is 61.6 Å². The van der Waals surface area contributed by atoms with Crippen molar-refractivity contribution in [3.8, 4) is 6.07 Å². The highest BCUT2D eigenvalue weighted by Gasteiger charge is 2.16. The van der Waals surface area contributed by atoms with Gasteiger partial charge in [-0.05, 0) is 36.4 Å². The van der Waals surface area contributed by atoms with E-state index in [0.29, 0.717) is 15.0 Å². The fraction of sp³-hybridized carbons (Fsp3) is 0.150. The number of rotatable bonds is 2. The van der Waals surface area contributed by atoms with Crippen molar-refractivity contribution in [2.24, 2.45) is 0 Å². The van der Waals surface area contributed by atoms with E-state index in [-0.39, 0.29) is 23.3 Å². The summed E-state index contributed by atoms with van der Waals surface area (Å²) < 4.78 is 24.0. The van der Waals surface area contributed by atoms with Crippen molar-refractivity contribution >= 4 is 83.5 Å². The Morgan fingerprint density at radius 3 is 2.26 bits per heavy atom. The molecule has 1 aromatic heterocycles. The Balaban J connectivity index is 0.000000260. The van der Waals surface area contributed by atoms with Gasteiger partial charge in [0, 0.05) is 19.0 Å². The summed E-state index contributed by atoms with van der Waals surface area (Å²) >= 11 is 11.4. The number of nitrogens with zero attached hydrogens (tertiary/aromatic N) is 1. The summed E-state index contributed by atoms with van der Waals surface area (Å²) in [6, 6.07) is 11.7. The highest BCUT2D eigenvalue weighted by Crippen LogP contribution is 2.35. The molecule has 0 unspecified atom stereocenters. The number of carbonyl (C=O) groups excluding carboxylic acids is 2. The molecule has 3 rings (SSSR count). The minimum Gasteiger partial charge on any atom is -0.468 e. The maximum absolute atomic E-state index is 12.5. The summed E-state index contributed by atoms with van der Waals surface area (Å²) in [7, 11) is 2.68. The van der Waals surface area contributed by atoms with Crippen LogP contribution in [0, 0.1) is 17.1 Å². The summed E-state index contributed by atoms with van der Waals surface area (Å²) in [5.41, 5.74) is 6.43. The Labute approximate surface area is 204 Å². The van der Waals surface area contributed by atoms with Crippen molar-refractivity contribution in [2.45, 2.75) is 0 Å². The van der Waals surface area contributed by atoms with E-state index in [1.54, 1.807) is 12.1 Å². The van der Waals surface area contributed by atoms with Crippen LogP contribution in [0.15, 0.2) is 45.3 Å². The first kappa shape index (κ1) is 26.9. The molecular weight excluding hydrogens is 575 g/mol. The minimum atomic E-state index is -0.481. The molecule has 0 spiro atoms. The van der Waals surface area contributed by atoms with Crippen LogP contribution < -0.4 is 5.73 Å². The van der Waals surface area contributed by atoms with Crippen molar-refractivity contribution in [1.82, 2.24) is 0 Å². The monoisotopic (exact) mass is 590 g/mol. The van der Waals surface area contributed by atoms with E-state index in [1.165, 1.54) is 37.7 Å². The number of ether oxygens (including phenoxy) is 2. The maximum Gasteiger partial charge on any atom is 0.350 e. The standard InChI is InChI=1S/C10H8BrNO2S.C7H3BrFN.C3H6O2S/c1-14-10(13)9-8(12)6-4-5(11)2-3-7(6)15-9;8-6-1-2-7(9)5(3-6)4-10;1-5-3(4)2-6/h2-4H,12H2,1H3;1-3H;6H,2H2,1H3. The number of thiophene rings is 1. The van der Waals surface area contributed by atoms with E-state index >= 15 is 0 Å². The first-order valence-corrected chi connectivity index (χ1v) is 11.3. The molecule has 0 bridgehead atoms. The predicted molar refractivity (Wildman–Crippen MR) is 130 cm³/mol. The number of nitrogen functional groups attached to an aromatic ring is 1. The van der Waals surface area contributed by atoms with Crippen LogP contribution in [0.3, 0.4) is 0 Å². The zero-order valence-corrected chi connectivity index (χ0v) is 21.2. The largest absolute Gasteiger partial charge is 0.468 e. The van der Waals surface area contributed by atoms with Gasteiger partial charge in [0.05, 0.1) is 31.2 Å². The van der Waals surface area contributed by atoms with Crippen molar-refractivity contribution < 1.29 is 23.5 Å². The Morgan fingerprint density at radius 2 is 1.77 bits per heavy atom. The fourth-order valence-electron chi connectivity index (χ4n) is 1.98. The van der Waals surface area contributed by atoms with Crippen molar-refractivity contribution in [2.75, 3.05) is 25.7 Å². The van der Waals surface area contributed by atoms with Gasteiger partial charge < -0.3 is 15.2 Å². The number of esters is 2. The molecule has 3 aromatic rings. The first-order chi connectivity index (χ1) is 14.7. The molecule has 0 aliphatic carbocycles. The Hall–Kier alpha value is -2.13. The number of fused-ring (bicyclic) bond motifs is 1. The average molecular weight is 592 g/mol. The third-order valence-electron chi connectivity index (χ3n) is 3.46. The number of hydrogen-bond donors (Lipinski definition) is 2. The van der Waals surface area contributed by atoms with Gasteiger partial charge in [-0.15, -0.1) is 11.3 Å². The number of hydrogen-bond acceptors (Lipinski definition) is 8. The van der Waals surface area contributed by atoms with Crippen LogP contribution in [-0.2, 0) is 14.3 Å². The van der Waals surface area contributed by atoms with Crippen LogP contribution >= 0.6 is 55.8 Å². The molecule has 0 fully saturated rings. The summed E-state index contributed by atoms with van der Waals surface area (Å²) in [5.74, 6) is -0.995. The molecule has 11 heteroatoms. The van der Waals surface area contributed by atoms with Gasteiger partial charge in [0.25, 0.3) is 0 Å². The molecular formula is C20H17Br2FN2O4S2. The van der Waals surface area contributed by atoms with Crippen molar-refractivity contribution in [1.29, 1.82) is 5.26 Å². The predicted octanol–water partition coefficient (Wildman–Crippen LogP) is 5.58. The lowest BCUT2D eigenvalue weighted by molar-refractivity contribution is -0.137. The Kier molecular flexibility index (Phi) is 11.6. The van der Waals surface area contributed by atoms with Gasteiger partial charge in [-0.3, -0.25) is 4.79 Å². The number of halogens is 3. The third-order valence-corrected chi connectivity index (χ3v) is 5.88. The van der Waals surface area contributed by atoms with Crippen LogP contribution in [0.5, 0.6) is 0 Å². The molecule has 0 radical (unpaired) electrons. The van der Waals surface area contributed by atoms with Crippen molar-refractivity contribution in [3.63, 3.8) is 0 Å². The molecule has 2 N–H and O–H groups in total. The van der Waals surface area contributed by atoms with Crippen LogP contribution in [0.4, 0.5) is 10.1 Å². The lowest BCUT2D eigenvalue weighted by Crippen LogP contribution is -2.01. The quantitative estimate of drug-likeness (QED) is 0.298. The Bertz CT molecular complexity index is 1110. The second-order valence-corrected chi connectivity index (χ2v) is 8.65. The van der Waals surface area contributed by atoms with E-state index in [2.05, 4.69) is 54.0 Å². The molecule has 0 aliphatic rings. The lowest BCUT2D eigenvalue weighted by Gasteiger charge is -1.96. The molecule has 1 heterocycles. The van der Waals surface area contributed by atoms with E-state index in [9.17, 15) is 14.0 Å². The SMILES string of the molecule is COC(=O)CS.COC(=O)c1sc2ccc(Br)cc2c1N.N#Cc1cc(Br)ccc1F. The van der Waals surface area contributed by atoms with E-state index in [4.69, 9.17) is 11.0 Å². The average Bonchev–Trinajstić information content (AvgIpc) is 3.11. The molecule has 0 atom stereocenters. The number of nitriles is 1. The second kappa shape index (κ2) is 13.3. The van der Waals surface area contributed by atoms with Gasteiger partial charge in [0.15, 0.2) is 0 Å². The zero-order chi connectivity index (χ0) is 23.6. The van der Waals surface area contributed by atoms with Gasteiger partial charge in [0.2, 0.25) is 0 Å². The number of thiol groups is 1. The highest BCUT2D eigenvalue weighted by atomic mass is 79.9. The van der Waals surface area contributed by atoms with Crippen LogP contribution in [0.1, 0.15) is 15.2 Å². The Morgan fingerprint density at radius 1 is 1.16 bits per heavy atom. The van der Waals surface area contributed by atoms with Crippen LogP contribution in [0.25, 0.3) is 10.1 Å². The minimum absolute atomic E-state index is 0.0642. The van der Waals surface area contributed by atoms with Crippen LogP contribution in [-0.4, -0.2) is 31.9 Å². The maximum atomic E-state index is 12.5. The van der Waals surface area contributed by atoms with Crippen LogP contribution in [0.2, 0.25) is 0 Å². The number of methoxy groups -OCH3 is 2. The highest BCUT2D eigenvalue weighted by molar-refractivity contribution is 9.10. The van der Waals surface area contributed by atoms with Gasteiger partial charge in [0.1, 0.15) is 16.8 Å². The second-order valence-electron chi connectivity index (χ2n) is 5.45. The molecule has 0 aliphatic heterocycles. The van der Waals surface area contributed by atoms with Gasteiger partial charge >= 0.3 is 11.9 Å². The van der Waals surface area contributed by atoms with Gasteiger partial charge in [-0.25, -0.2) is 9.18 Å². The topological polar surface area (TPSA) is 102 Å². The molecule has 164 valence electrons. The number of nitrogens with two attached hydrogens (primary N) is 1. The molecule has 0 saturated carbocycles. The molecule has 0 saturated heterocycles. The van der Waals surface area contributed by atoms with E-state index < -0.39 is 5.82 Å². The third kappa shape index (κ3) is 8.14. The smallest absolute Gasteiger partial charge is 0.350 e. The fourth-order valence-corrected chi connectivity index (χ4v) is 3.85. The van der Waals surface area contributed by atoms with E-state index in [0.717, 1.165) is 14.6 Å². The molecule has 31 heavy (non-hydrogen) atoms. The summed E-state index contributed by atoms with van der Waals surface area (Å²) in [4.78, 5) is 21.7. The number of anilines is 1. The van der Waals surface area contributed by atoms with E-state index in [1.807, 2.05) is 18.2 Å².